The Morgan fingerprint density at radius 2 is 1.78 bits per heavy atom. The maximum Gasteiger partial charge on any atom is 0.0466 e. The molecular formula is C7H15BrO. The van der Waals surface area contributed by atoms with Crippen LogP contribution in [-0.2, 0) is 4.74 Å². The van der Waals surface area contributed by atoms with Gasteiger partial charge in [-0.3, -0.25) is 0 Å². The quantitative estimate of drug-likeness (QED) is 0.584. The first-order valence-electron chi connectivity index (χ1n) is 3.55. The van der Waals surface area contributed by atoms with Gasteiger partial charge < -0.3 is 4.74 Å². The minimum Gasteiger partial charge on any atom is -0.381 e. The molecule has 1 rings (SSSR count). The summed E-state index contributed by atoms with van der Waals surface area (Å²) in [6.45, 7) is 4.13. The van der Waals surface area contributed by atoms with E-state index in [-0.39, 0.29) is 0 Å². The highest BCUT2D eigenvalue weighted by Crippen LogP contribution is 1.98. The first kappa shape index (κ1) is 9.44. The number of rotatable bonds is 1. The van der Waals surface area contributed by atoms with Gasteiger partial charge in [0.05, 0.1) is 0 Å². The van der Waals surface area contributed by atoms with Crippen LogP contribution in [0.25, 0.3) is 0 Å². The van der Waals surface area contributed by atoms with Gasteiger partial charge in [0.1, 0.15) is 0 Å². The smallest absolute Gasteiger partial charge is 0.0466 e. The van der Waals surface area contributed by atoms with Crippen molar-refractivity contribution < 1.29 is 4.74 Å². The number of alkyl halides is 1. The zero-order valence-corrected chi connectivity index (χ0v) is 7.61. The van der Waals surface area contributed by atoms with Gasteiger partial charge in [0.25, 0.3) is 0 Å². The van der Waals surface area contributed by atoms with Crippen molar-refractivity contribution >= 4 is 15.9 Å². The first-order chi connectivity index (χ1) is 4.41. The molecule has 0 aliphatic carbocycles. The maximum atomic E-state index is 4.94. The van der Waals surface area contributed by atoms with Crippen LogP contribution in [-0.4, -0.2) is 18.5 Å². The van der Waals surface area contributed by atoms with Crippen molar-refractivity contribution in [2.45, 2.75) is 26.2 Å². The minimum absolute atomic E-state index is 1.00. The second-order valence-corrected chi connectivity index (χ2v) is 2.80. The van der Waals surface area contributed by atoms with Gasteiger partial charge >= 0.3 is 0 Å². The topological polar surface area (TPSA) is 9.23 Å². The van der Waals surface area contributed by atoms with Crippen molar-refractivity contribution in [2.75, 3.05) is 18.5 Å². The highest BCUT2D eigenvalue weighted by molar-refractivity contribution is 9.09. The number of ether oxygens (including phenoxy) is 1. The molecular weight excluding hydrogens is 180 g/mol. The lowest BCUT2D eigenvalue weighted by Gasteiger charge is -1.76. The molecule has 1 heterocycles. The highest BCUT2D eigenvalue weighted by atomic mass is 79.9. The molecule has 1 aliphatic rings. The molecule has 0 aromatic carbocycles. The van der Waals surface area contributed by atoms with Gasteiger partial charge in [-0.25, -0.2) is 0 Å². The van der Waals surface area contributed by atoms with Gasteiger partial charge in [-0.15, -0.1) is 0 Å². The van der Waals surface area contributed by atoms with E-state index in [0.29, 0.717) is 0 Å². The van der Waals surface area contributed by atoms with Gasteiger partial charge in [-0.05, 0) is 19.3 Å². The van der Waals surface area contributed by atoms with Crippen LogP contribution >= 0.6 is 15.9 Å². The zero-order valence-electron chi connectivity index (χ0n) is 6.03. The van der Waals surface area contributed by atoms with Crippen molar-refractivity contribution in [1.82, 2.24) is 0 Å². The molecule has 0 saturated carbocycles. The summed E-state index contributed by atoms with van der Waals surface area (Å²) in [5.41, 5.74) is 0. The van der Waals surface area contributed by atoms with Crippen molar-refractivity contribution in [1.29, 1.82) is 0 Å². The van der Waals surface area contributed by atoms with Crippen LogP contribution in [0.5, 0.6) is 0 Å². The molecule has 0 atom stereocenters. The fourth-order valence-electron chi connectivity index (χ4n) is 0.510. The normalized spacial score (nSPS) is 16.7. The first-order valence-corrected chi connectivity index (χ1v) is 4.67. The van der Waals surface area contributed by atoms with Gasteiger partial charge in [0.2, 0.25) is 0 Å². The fourth-order valence-corrected chi connectivity index (χ4v) is 0.510. The van der Waals surface area contributed by atoms with Crippen LogP contribution < -0.4 is 0 Å². The summed E-state index contributed by atoms with van der Waals surface area (Å²) in [6, 6.07) is 0. The van der Waals surface area contributed by atoms with Crippen LogP contribution in [0, 0.1) is 0 Å². The molecule has 1 nitrogen and oxygen atoms in total. The van der Waals surface area contributed by atoms with E-state index in [0.717, 1.165) is 18.5 Å². The molecule has 0 N–H and O–H groups in total. The molecule has 1 fully saturated rings. The van der Waals surface area contributed by atoms with Crippen molar-refractivity contribution in [3.8, 4) is 0 Å². The van der Waals surface area contributed by atoms with E-state index in [1.54, 1.807) is 0 Å². The number of halogens is 1. The molecule has 0 amide bonds. The summed E-state index contributed by atoms with van der Waals surface area (Å²) in [5, 5.41) is 1.13. The van der Waals surface area contributed by atoms with Crippen LogP contribution in [0.15, 0.2) is 0 Å². The summed E-state index contributed by atoms with van der Waals surface area (Å²) >= 11 is 3.25. The second-order valence-electron chi connectivity index (χ2n) is 2.01. The average Bonchev–Trinajstić information content (AvgIpc) is 2.43. The molecule has 0 spiro atoms. The molecule has 56 valence electrons. The van der Waals surface area contributed by atoms with Crippen molar-refractivity contribution in [2.24, 2.45) is 0 Å². The Balaban J connectivity index is 0.000000148. The monoisotopic (exact) mass is 194 g/mol. The Kier molecular flexibility index (Phi) is 8.85. The molecule has 0 aromatic heterocycles. The van der Waals surface area contributed by atoms with E-state index in [4.69, 9.17) is 4.74 Å². The molecule has 2 heteroatoms. The second kappa shape index (κ2) is 8.44. The van der Waals surface area contributed by atoms with Crippen LogP contribution in [0.3, 0.4) is 0 Å². The fraction of sp³-hybridized carbons (Fsp3) is 1.00. The Morgan fingerprint density at radius 3 is 1.89 bits per heavy atom. The highest BCUT2D eigenvalue weighted by Gasteiger charge is 1.94. The summed E-state index contributed by atoms with van der Waals surface area (Å²) in [4.78, 5) is 0. The Labute approximate surface area is 65.9 Å². The standard InChI is InChI=1S/C4H8O.C3H7Br/c1-2-4-5-3-1;1-2-3-4/h1-4H2;2-3H2,1H3. The predicted molar refractivity (Wildman–Crippen MR) is 44.1 cm³/mol. The lowest BCUT2D eigenvalue weighted by Crippen LogP contribution is -1.74. The molecule has 1 aliphatic heterocycles. The van der Waals surface area contributed by atoms with Gasteiger partial charge in [-0.1, -0.05) is 22.9 Å². The Hall–Kier alpha value is 0.440. The van der Waals surface area contributed by atoms with Crippen LogP contribution in [0.1, 0.15) is 26.2 Å². The van der Waals surface area contributed by atoms with Crippen LogP contribution in [0.2, 0.25) is 0 Å². The van der Waals surface area contributed by atoms with Crippen molar-refractivity contribution in [3.63, 3.8) is 0 Å². The van der Waals surface area contributed by atoms with E-state index < -0.39 is 0 Å². The molecule has 0 radical (unpaired) electrons. The largest absolute Gasteiger partial charge is 0.381 e. The van der Waals surface area contributed by atoms with Gasteiger partial charge in [-0.2, -0.15) is 0 Å². The van der Waals surface area contributed by atoms with E-state index in [9.17, 15) is 0 Å². The van der Waals surface area contributed by atoms with Crippen LogP contribution in [0.4, 0.5) is 0 Å². The third-order valence-corrected chi connectivity index (χ3v) is 1.81. The zero-order chi connectivity index (χ0) is 6.95. The summed E-state index contributed by atoms with van der Waals surface area (Å²) in [7, 11) is 0. The minimum atomic E-state index is 1.00. The summed E-state index contributed by atoms with van der Waals surface area (Å²) in [6.07, 6.45) is 3.79. The SMILES string of the molecule is C1CCOC1.CCCBr. The molecule has 1 saturated heterocycles. The van der Waals surface area contributed by atoms with E-state index in [2.05, 4.69) is 22.9 Å². The molecule has 0 unspecified atom stereocenters. The van der Waals surface area contributed by atoms with E-state index in [1.165, 1.54) is 19.3 Å². The average molecular weight is 195 g/mol. The Bertz CT molecular complexity index is 34.6. The maximum absolute atomic E-state index is 4.94. The third kappa shape index (κ3) is 8.44. The predicted octanol–water partition coefficient (Wildman–Crippen LogP) is 2.59. The van der Waals surface area contributed by atoms with Gasteiger partial charge in [0.15, 0.2) is 0 Å². The third-order valence-electron chi connectivity index (χ3n) is 1.02. The van der Waals surface area contributed by atoms with Crippen molar-refractivity contribution in [3.05, 3.63) is 0 Å². The van der Waals surface area contributed by atoms with E-state index in [1.807, 2.05) is 0 Å². The molecule has 9 heavy (non-hydrogen) atoms. The molecule has 0 bridgehead atoms. The Morgan fingerprint density at radius 1 is 1.33 bits per heavy atom. The number of hydrogen-bond donors (Lipinski definition) is 0. The van der Waals surface area contributed by atoms with E-state index >= 15 is 0 Å². The number of hydrogen-bond acceptors (Lipinski definition) is 1. The lowest BCUT2D eigenvalue weighted by molar-refractivity contribution is 0.198. The summed E-state index contributed by atoms with van der Waals surface area (Å²) in [5.74, 6) is 0. The summed E-state index contributed by atoms with van der Waals surface area (Å²) < 4.78 is 4.94. The van der Waals surface area contributed by atoms with Gasteiger partial charge in [0, 0.05) is 18.5 Å². The lowest BCUT2D eigenvalue weighted by atomic mass is 10.4. The molecule has 0 aromatic rings.